The van der Waals surface area contributed by atoms with Crippen LogP contribution in [-0.2, 0) is 0 Å². The van der Waals surface area contributed by atoms with E-state index in [4.69, 9.17) is 4.42 Å². The number of aromatic nitrogens is 2. The van der Waals surface area contributed by atoms with Gasteiger partial charge in [-0.2, -0.15) is 0 Å². The second kappa shape index (κ2) is 4.56. The van der Waals surface area contributed by atoms with Crippen LogP contribution < -0.4 is 5.43 Å². The number of hydrogen-bond donors (Lipinski definition) is 0. The van der Waals surface area contributed by atoms with Gasteiger partial charge in [0, 0.05) is 11.7 Å². The minimum absolute atomic E-state index is 0.0936. The summed E-state index contributed by atoms with van der Waals surface area (Å²) < 4.78 is 8.16. The van der Waals surface area contributed by atoms with Gasteiger partial charge in [-0.25, -0.2) is 4.98 Å². The van der Waals surface area contributed by atoms with Crippen molar-refractivity contribution in [1.82, 2.24) is 9.38 Å². The van der Waals surface area contributed by atoms with Crippen molar-refractivity contribution in [2.45, 2.75) is 0 Å². The second-order valence-corrected chi connectivity index (χ2v) is 5.48. The average molecular weight is 341 g/mol. The molecule has 0 amide bonds. The summed E-state index contributed by atoms with van der Waals surface area (Å²) in [4.78, 5) is 16.8. The van der Waals surface area contributed by atoms with Crippen LogP contribution in [0.25, 0.3) is 27.9 Å². The van der Waals surface area contributed by atoms with Crippen LogP contribution in [0, 0.1) is 0 Å². The number of rotatable bonds is 1. The van der Waals surface area contributed by atoms with Gasteiger partial charge < -0.3 is 8.82 Å². The fourth-order valence-electron chi connectivity index (χ4n) is 2.34. The number of para-hydroxylation sites is 1. The first-order chi connectivity index (χ1) is 10.2. The van der Waals surface area contributed by atoms with Gasteiger partial charge in [0.05, 0.1) is 11.7 Å². The molecule has 21 heavy (non-hydrogen) atoms. The molecule has 4 aromatic rings. The van der Waals surface area contributed by atoms with Crippen molar-refractivity contribution >= 4 is 32.4 Å². The van der Waals surface area contributed by atoms with E-state index in [2.05, 4.69) is 20.9 Å². The molecule has 0 aliphatic rings. The number of nitrogens with zero attached hydrogens (tertiary/aromatic N) is 2. The normalized spacial score (nSPS) is 11.3. The summed E-state index contributed by atoms with van der Waals surface area (Å²) in [5, 5.41) is 0.553. The Balaban J connectivity index is 2.05. The van der Waals surface area contributed by atoms with Crippen LogP contribution in [-0.4, -0.2) is 9.38 Å². The maximum Gasteiger partial charge on any atom is 0.207 e. The molecule has 3 heterocycles. The molecule has 0 aliphatic carbocycles. The molecule has 0 saturated heterocycles. The Bertz CT molecular complexity index is 1030. The average Bonchev–Trinajstić information content (AvgIpc) is 2.98. The Morgan fingerprint density at radius 2 is 2.00 bits per heavy atom. The van der Waals surface area contributed by atoms with Crippen LogP contribution in [0.15, 0.2) is 68.7 Å². The Labute approximate surface area is 127 Å². The first-order valence-electron chi connectivity index (χ1n) is 6.38. The largest absolute Gasteiger partial charge is 0.453 e. The summed E-state index contributed by atoms with van der Waals surface area (Å²) in [6.45, 7) is 0. The fourth-order valence-corrected chi connectivity index (χ4v) is 2.84. The van der Waals surface area contributed by atoms with Crippen molar-refractivity contribution in [1.29, 1.82) is 0 Å². The molecule has 4 nitrogen and oxygen atoms in total. The van der Waals surface area contributed by atoms with E-state index in [-0.39, 0.29) is 5.43 Å². The highest BCUT2D eigenvalue weighted by Crippen LogP contribution is 2.28. The van der Waals surface area contributed by atoms with Gasteiger partial charge in [-0.1, -0.05) is 12.1 Å². The Morgan fingerprint density at radius 1 is 1.14 bits per heavy atom. The molecule has 102 valence electrons. The third kappa shape index (κ3) is 1.89. The molecule has 0 N–H and O–H groups in total. The zero-order valence-corrected chi connectivity index (χ0v) is 12.4. The lowest BCUT2D eigenvalue weighted by Crippen LogP contribution is -2.04. The molecule has 1 aromatic carbocycles. The maximum absolute atomic E-state index is 12.4. The standard InChI is InChI=1S/C16H9BrN2O2/c17-14-15(20)11-5-1-2-6-13(11)21-16(14)12-8-10-4-3-7-19(10)9-18-12/h1-9H. The smallest absolute Gasteiger partial charge is 0.207 e. The lowest BCUT2D eigenvalue weighted by atomic mass is 10.2. The van der Waals surface area contributed by atoms with E-state index in [1.54, 1.807) is 18.5 Å². The minimum atomic E-state index is -0.0936. The van der Waals surface area contributed by atoms with E-state index in [0.717, 1.165) is 5.52 Å². The third-order valence-electron chi connectivity index (χ3n) is 3.39. The summed E-state index contributed by atoms with van der Waals surface area (Å²) in [6.07, 6.45) is 3.62. The van der Waals surface area contributed by atoms with Crippen LogP contribution in [0.2, 0.25) is 0 Å². The van der Waals surface area contributed by atoms with E-state index in [9.17, 15) is 4.79 Å². The van der Waals surface area contributed by atoms with Crippen LogP contribution in [0.4, 0.5) is 0 Å². The highest BCUT2D eigenvalue weighted by Gasteiger charge is 2.15. The molecule has 0 unspecified atom stereocenters. The molecule has 0 atom stereocenters. The van der Waals surface area contributed by atoms with E-state index < -0.39 is 0 Å². The Hall–Kier alpha value is -2.40. The highest BCUT2D eigenvalue weighted by molar-refractivity contribution is 9.10. The molecule has 0 bridgehead atoms. The van der Waals surface area contributed by atoms with Crippen molar-refractivity contribution < 1.29 is 4.42 Å². The molecule has 0 radical (unpaired) electrons. The van der Waals surface area contributed by atoms with Crippen LogP contribution in [0.5, 0.6) is 0 Å². The first-order valence-corrected chi connectivity index (χ1v) is 7.18. The zero-order chi connectivity index (χ0) is 14.4. The minimum Gasteiger partial charge on any atom is -0.453 e. The van der Waals surface area contributed by atoms with Crippen molar-refractivity contribution in [3.8, 4) is 11.5 Å². The van der Waals surface area contributed by atoms with Gasteiger partial charge in [-0.05, 0) is 46.3 Å². The number of benzene rings is 1. The Morgan fingerprint density at radius 3 is 2.90 bits per heavy atom. The summed E-state index contributed by atoms with van der Waals surface area (Å²) in [6, 6.07) is 13.0. The zero-order valence-electron chi connectivity index (χ0n) is 10.8. The van der Waals surface area contributed by atoms with Crippen LogP contribution >= 0.6 is 15.9 Å². The predicted octanol–water partition coefficient (Wildman–Crippen LogP) is 3.87. The third-order valence-corrected chi connectivity index (χ3v) is 4.11. The van der Waals surface area contributed by atoms with Gasteiger partial charge in [0.1, 0.15) is 15.7 Å². The molecular formula is C16H9BrN2O2. The van der Waals surface area contributed by atoms with Gasteiger partial charge >= 0.3 is 0 Å². The van der Waals surface area contributed by atoms with Crippen LogP contribution in [0.3, 0.4) is 0 Å². The lowest BCUT2D eigenvalue weighted by molar-refractivity contribution is 0.612. The van der Waals surface area contributed by atoms with Gasteiger partial charge in [-0.3, -0.25) is 4.79 Å². The Kier molecular flexibility index (Phi) is 2.68. The lowest BCUT2D eigenvalue weighted by Gasteiger charge is -2.05. The molecule has 5 heteroatoms. The van der Waals surface area contributed by atoms with Crippen molar-refractivity contribution in [2.24, 2.45) is 0 Å². The fraction of sp³-hybridized carbons (Fsp3) is 0. The molecule has 0 saturated carbocycles. The highest BCUT2D eigenvalue weighted by atomic mass is 79.9. The van der Waals surface area contributed by atoms with Crippen LogP contribution in [0.1, 0.15) is 0 Å². The molecule has 0 fully saturated rings. The predicted molar refractivity (Wildman–Crippen MR) is 84.4 cm³/mol. The van der Waals surface area contributed by atoms with E-state index in [1.165, 1.54) is 0 Å². The second-order valence-electron chi connectivity index (χ2n) is 4.68. The molecule has 0 spiro atoms. The van der Waals surface area contributed by atoms with Gasteiger partial charge in [0.15, 0.2) is 5.76 Å². The van der Waals surface area contributed by atoms with E-state index in [1.807, 2.05) is 40.9 Å². The first kappa shape index (κ1) is 12.3. The number of fused-ring (bicyclic) bond motifs is 2. The van der Waals surface area contributed by atoms with E-state index >= 15 is 0 Å². The summed E-state index contributed by atoms with van der Waals surface area (Å²) >= 11 is 3.34. The topological polar surface area (TPSA) is 47.5 Å². The SMILES string of the molecule is O=c1c(Br)c(-c2cc3cccn3cn2)oc2ccccc12. The summed E-state index contributed by atoms with van der Waals surface area (Å²) in [5.74, 6) is 0.447. The monoisotopic (exact) mass is 340 g/mol. The maximum atomic E-state index is 12.4. The summed E-state index contributed by atoms with van der Waals surface area (Å²) in [5.41, 5.74) is 2.07. The van der Waals surface area contributed by atoms with Crippen molar-refractivity contribution in [3.05, 3.63) is 69.7 Å². The molecule has 4 rings (SSSR count). The van der Waals surface area contributed by atoms with E-state index in [0.29, 0.717) is 26.9 Å². The number of hydrogen-bond acceptors (Lipinski definition) is 3. The molecule has 3 aromatic heterocycles. The van der Waals surface area contributed by atoms with Gasteiger partial charge in [-0.15, -0.1) is 0 Å². The van der Waals surface area contributed by atoms with Crippen molar-refractivity contribution in [3.63, 3.8) is 0 Å². The van der Waals surface area contributed by atoms with Gasteiger partial charge in [0.2, 0.25) is 5.43 Å². The number of halogens is 1. The summed E-state index contributed by atoms with van der Waals surface area (Å²) in [7, 11) is 0. The van der Waals surface area contributed by atoms with Gasteiger partial charge in [0.25, 0.3) is 0 Å². The molecular weight excluding hydrogens is 332 g/mol. The molecule has 0 aliphatic heterocycles. The quantitative estimate of drug-likeness (QED) is 0.528. The van der Waals surface area contributed by atoms with Crippen molar-refractivity contribution in [2.75, 3.05) is 0 Å².